The lowest BCUT2D eigenvalue weighted by Gasteiger charge is -2.26. The van der Waals surface area contributed by atoms with Crippen molar-refractivity contribution in [2.24, 2.45) is 5.41 Å². The SMILES string of the molecule is CC(CC(=O)NCC(O)C(C)(C)C)c1ccccc1F. The van der Waals surface area contributed by atoms with Crippen LogP contribution in [-0.4, -0.2) is 23.7 Å². The highest BCUT2D eigenvalue weighted by Gasteiger charge is 2.23. The maximum absolute atomic E-state index is 13.6. The second-order valence-electron chi connectivity index (χ2n) is 6.31. The van der Waals surface area contributed by atoms with E-state index >= 15 is 0 Å². The molecular formula is C16H24FNO2. The van der Waals surface area contributed by atoms with E-state index in [2.05, 4.69) is 5.32 Å². The number of nitrogens with one attached hydrogen (secondary N) is 1. The Kier molecular flexibility index (Phi) is 5.69. The lowest BCUT2D eigenvalue weighted by Crippen LogP contribution is -2.39. The molecule has 0 aliphatic carbocycles. The number of carbonyl (C=O) groups is 1. The second-order valence-corrected chi connectivity index (χ2v) is 6.31. The van der Waals surface area contributed by atoms with Gasteiger partial charge in [-0.2, -0.15) is 0 Å². The molecule has 0 heterocycles. The van der Waals surface area contributed by atoms with E-state index in [9.17, 15) is 14.3 Å². The first kappa shape index (κ1) is 16.6. The van der Waals surface area contributed by atoms with Gasteiger partial charge in [0.15, 0.2) is 0 Å². The van der Waals surface area contributed by atoms with Crippen LogP contribution < -0.4 is 5.32 Å². The summed E-state index contributed by atoms with van der Waals surface area (Å²) >= 11 is 0. The minimum Gasteiger partial charge on any atom is -0.391 e. The summed E-state index contributed by atoms with van der Waals surface area (Å²) in [7, 11) is 0. The van der Waals surface area contributed by atoms with Gasteiger partial charge in [-0.3, -0.25) is 4.79 Å². The maximum atomic E-state index is 13.6. The Morgan fingerprint density at radius 2 is 1.95 bits per heavy atom. The Morgan fingerprint density at radius 1 is 1.35 bits per heavy atom. The Labute approximate surface area is 120 Å². The van der Waals surface area contributed by atoms with Gasteiger partial charge in [0, 0.05) is 13.0 Å². The average molecular weight is 281 g/mol. The third-order valence-electron chi connectivity index (χ3n) is 3.42. The van der Waals surface area contributed by atoms with Gasteiger partial charge in [0.2, 0.25) is 5.91 Å². The van der Waals surface area contributed by atoms with Crippen LogP contribution in [0, 0.1) is 11.2 Å². The molecule has 0 aromatic heterocycles. The summed E-state index contributed by atoms with van der Waals surface area (Å²) in [6, 6.07) is 6.48. The summed E-state index contributed by atoms with van der Waals surface area (Å²) in [5.41, 5.74) is 0.267. The van der Waals surface area contributed by atoms with Crippen molar-refractivity contribution in [2.75, 3.05) is 6.54 Å². The summed E-state index contributed by atoms with van der Waals surface area (Å²) < 4.78 is 13.6. The van der Waals surface area contributed by atoms with Gasteiger partial charge in [-0.15, -0.1) is 0 Å². The van der Waals surface area contributed by atoms with Crippen LogP contribution in [0.3, 0.4) is 0 Å². The average Bonchev–Trinajstić information content (AvgIpc) is 2.35. The van der Waals surface area contributed by atoms with Gasteiger partial charge in [-0.05, 0) is 23.0 Å². The first-order chi connectivity index (χ1) is 9.21. The van der Waals surface area contributed by atoms with Gasteiger partial charge in [0.1, 0.15) is 5.82 Å². The van der Waals surface area contributed by atoms with Gasteiger partial charge in [0.25, 0.3) is 0 Å². The Bertz CT molecular complexity index is 454. The molecule has 2 N–H and O–H groups in total. The van der Waals surface area contributed by atoms with Gasteiger partial charge >= 0.3 is 0 Å². The van der Waals surface area contributed by atoms with E-state index in [1.165, 1.54) is 6.07 Å². The van der Waals surface area contributed by atoms with Crippen molar-refractivity contribution in [2.45, 2.75) is 46.1 Å². The Balaban J connectivity index is 2.49. The second kappa shape index (κ2) is 6.84. The van der Waals surface area contributed by atoms with Gasteiger partial charge in [-0.1, -0.05) is 45.9 Å². The molecule has 2 atom stereocenters. The number of hydrogen-bond donors (Lipinski definition) is 2. The standard InChI is InChI=1S/C16H24FNO2/c1-11(12-7-5-6-8-13(12)17)9-15(20)18-10-14(19)16(2,3)4/h5-8,11,14,19H,9-10H2,1-4H3,(H,18,20). The normalized spacial score (nSPS) is 14.7. The number of benzene rings is 1. The molecule has 0 fully saturated rings. The molecule has 0 bridgehead atoms. The fourth-order valence-electron chi connectivity index (χ4n) is 1.85. The van der Waals surface area contributed by atoms with Crippen LogP contribution in [0.5, 0.6) is 0 Å². The highest BCUT2D eigenvalue weighted by atomic mass is 19.1. The maximum Gasteiger partial charge on any atom is 0.220 e. The smallest absolute Gasteiger partial charge is 0.220 e. The van der Waals surface area contributed by atoms with E-state index in [1.807, 2.05) is 27.7 Å². The highest BCUT2D eigenvalue weighted by Crippen LogP contribution is 2.22. The molecule has 1 aromatic rings. The number of amides is 1. The van der Waals surface area contributed by atoms with E-state index in [0.717, 1.165) is 0 Å². The highest BCUT2D eigenvalue weighted by molar-refractivity contribution is 5.76. The van der Waals surface area contributed by atoms with E-state index in [-0.39, 0.29) is 36.0 Å². The molecule has 0 radical (unpaired) electrons. The van der Waals surface area contributed by atoms with Crippen molar-refractivity contribution in [3.8, 4) is 0 Å². The number of rotatable bonds is 5. The molecule has 3 nitrogen and oxygen atoms in total. The topological polar surface area (TPSA) is 49.3 Å². The summed E-state index contributed by atoms with van der Waals surface area (Å²) in [6.45, 7) is 7.76. The molecular weight excluding hydrogens is 257 g/mol. The van der Waals surface area contributed by atoms with Crippen LogP contribution in [0.1, 0.15) is 45.6 Å². The van der Waals surface area contributed by atoms with Crippen molar-refractivity contribution in [3.63, 3.8) is 0 Å². The molecule has 1 rings (SSSR count). The summed E-state index contributed by atoms with van der Waals surface area (Å²) in [6.07, 6.45) is -0.396. The molecule has 0 saturated heterocycles. The molecule has 1 aromatic carbocycles. The van der Waals surface area contributed by atoms with Crippen molar-refractivity contribution in [1.82, 2.24) is 5.32 Å². The fraction of sp³-hybridized carbons (Fsp3) is 0.562. The van der Waals surface area contributed by atoms with Crippen LogP contribution >= 0.6 is 0 Å². The van der Waals surface area contributed by atoms with E-state index < -0.39 is 6.10 Å². The van der Waals surface area contributed by atoms with E-state index in [4.69, 9.17) is 0 Å². The lowest BCUT2D eigenvalue weighted by atomic mass is 9.89. The minimum absolute atomic E-state index is 0.177. The van der Waals surface area contributed by atoms with Crippen LogP contribution in [0.2, 0.25) is 0 Å². The Hall–Kier alpha value is -1.42. The van der Waals surface area contributed by atoms with Crippen LogP contribution in [0.15, 0.2) is 24.3 Å². The lowest BCUT2D eigenvalue weighted by molar-refractivity contribution is -0.122. The summed E-state index contributed by atoms with van der Waals surface area (Å²) in [4.78, 5) is 11.8. The van der Waals surface area contributed by atoms with Crippen LogP contribution in [-0.2, 0) is 4.79 Å². The molecule has 0 aliphatic heterocycles. The molecule has 1 amide bonds. The number of halogens is 1. The third-order valence-corrected chi connectivity index (χ3v) is 3.42. The molecule has 2 unspecified atom stereocenters. The summed E-state index contributed by atoms with van der Waals surface area (Å²) in [5.74, 6) is -0.658. The molecule has 4 heteroatoms. The first-order valence-electron chi connectivity index (χ1n) is 6.91. The zero-order valence-corrected chi connectivity index (χ0v) is 12.6. The molecule has 0 spiro atoms. The monoisotopic (exact) mass is 281 g/mol. The Morgan fingerprint density at radius 3 is 2.50 bits per heavy atom. The van der Waals surface area contributed by atoms with E-state index in [1.54, 1.807) is 18.2 Å². The first-order valence-corrected chi connectivity index (χ1v) is 6.91. The zero-order chi connectivity index (χ0) is 15.3. The largest absolute Gasteiger partial charge is 0.391 e. The van der Waals surface area contributed by atoms with Crippen molar-refractivity contribution in [1.29, 1.82) is 0 Å². The molecule has 112 valence electrons. The predicted octanol–water partition coefficient (Wildman–Crippen LogP) is 2.84. The number of aliphatic hydroxyl groups is 1. The molecule has 0 saturated carbocycles. The number of aliphatic hydroxyl groups excluding tert-OH is 1. The minimum atomic E-state index is -0.602. The fourth-order valence-corrected chi connectivity index (χ4v) is 1.85. The third kappa shape index (κ3) is 4.93. The van der Waals surface area contributed by atoms with Crippen molar-refractivity contribution < 1.29 is 14.3 Å². The molecule has 20 heavy (non-hydrogen) atoms. The van der Waals surface area contributed by atoms with Gasteiger partial charge in [-0.25, -0.2) is 4.39 Å². The number of carbonyl (C=O) groups excluding carboxylic acids is 1. The van der Waals surface area contributed by atoms with Crippen LogP contribution in [0.25, 0.3) is 0 Å². The summed E-state index contributed by atoms with van der Waals surface area (Å²) in [5, 5.41) is 12.6. The zero-order valence-electron chi connectivity index (χ0n) is 12.6. The van der Waals surface area contributed by atoms with Crippen LogP contribution in [0.4, 0.5) is 4.39 Å². The molecule has 0 aliphatic rings. The predicted molar refractivity (Wildman–Crippen MR) is 77.9 cm³/mol. The quantitative estimate of drug-likeness (QED) is 0.872. The van der Waals surface area contributed by atoms with Gasteiger partial charge < -0.3 is 10.4 Å². The number of hydrogen-bond acceptors (Lipinski definition) is 2. The van der Waals surface area contributed by atoms with E-state index in [0.29, 0.717) is 5.56 Å². The van der Waals surface area contributed by atoms with Crippen molar-refractivity contribution in [3.05, 3.63) is 35.6 Å². The van der Waals surface area contributed by atoms with Gasteiger partial charge in [0.05, 0.1) is 6.10 Å². The van der Waals surface area contributed by atoms with Crippen molar-refractivity contribution >= 4 is 5.91 Å².